The van der Waals surface area contributed by atoms with Crippen molar-refractivity contribution in [1.29, 1.82) is 0 Å². The summed E-state index contributed by atoms with van der Waals surface area (Å²) in [6.07, 6.45) is 6.94. The Balaban J connectivity index is 1.88. The molecule has 1 aliphatic rings. The molecule has 0 spiro atoms. The van der Waals surface area contributed by atoms with Gasteiger partial charge in [-0.2, -0.15) is 0 Å². The van der Waals surface area contributed by atoms with Crippen LogP contribution in [0.3, 0.4) is 0 Å². The number of hydrogen-bond donors (Lipinski definition) is 1. The highest BCUT2D eigenvalue weighted by Crippen LogP contribution is 2.33. The second-order valence-corrected chi connectivity index (χ2v) is 6.18. The van der Waals surface area contributed by atoms with E-state index in [4.69, 9.17) is 0 Å². The summed E-state index contributed by atoms with van der Waals surface area (Å²) in [4.78, 5) is 8.81. The number of aromatic nitrogens is 2. The van der Waals surface area contributed by atoms with E-state index >= 15 is 0 Å². The minimum absolute atomic E-state index is 0.544. The summed E-state index contributed by atoms with van der Waals surface area (Å²) in [7, 11) is 0. The summed E-state index contributed by atoms with van der Waals surface area (Å²) < 4.78 is 0. The Morgan fingerprint density at radius 3 is 2.75 bits per heavy atom. The van der Waals surface area contributed by atoms with E-state index in [0.717, 1.165) is 28.6 Å². The number of hydrogen-bond acceptors (Lipinski definition) is 3. The quantitative estimate of drug-likeness (QED) is 0.904. The van der Waals surface area contributed by atoms with E-state index in [-0.39, 0.29) is 0 Å². The van der Waals surface area contributed by atoms with Gasteiger partial charge in [-0.1, -0.05) is 38.8 Å². The Morgan fingerprint density at radius 1 is 1.10 bits per heavy atom. The molecule has 0 radical (unpaired) electrons. The molecule has 2 unspecified atom stereocenters. The fourth-order valence-electron chi connectivity index (χ4n) is 3.43. The molecule has 2 atom stereocenters. The lowest BCUT2D eigenvalue weighted by Gasteiger charge is -2.35. The van der Waals surface area contributed by atoms with E-state index in [0.29, 0.717) is 6.04 Å². The van der Waals surface area contributed by atoms with E-state index < -0.39 is 0 Å². The monoisotopic (exact) mass is 269 g/mol. The Kier molecular flexibility index (Phi) is 3.86. The third kappa shape index (κ3) is 2.62. The lowest BCUT2D eigenvalue weighted by atomic mass is 9.78. The first-order valence-corrected chi connectivity index (χ1v) is 7.72. The van der Waals surface area contributed by atoms with Gasteiger partial charge in [0.05, 0.1) is 5.52 Å². The molecule has 0 amide bonds. The molecule has 1 saturated carbocycles. The molecule has 3 nitrogen and oxygen atoms in total. The van der Waals surface area contributed by atoms with Crippen LogP contribution in [0.4, 0.5) is 5.82 Å². The Bertz CT molecular complexity index is 574. The van der Waals surface area contributed by atoms with E-state index in [9.17, 15) is 0 Å². The summed E-state index contributed by atoms with van der Waals surface area (Å²) in [5.41, 5.74) is 1.02. The van der Waals surface area contributed by atoms with Crippen molar-refractivity contribution >= 4 is 16.7 Å². The fraction of sp³-hybridized carbons (Fsp3) is 0.529. The molecule has 1 aromatic heterocycles. The van der Waals surface area contributed by atoms with Gasteiger partial charge in [-0.05, 0) is 36.8 Å². The van der Waals surface area contributed by atoms with Crippen molar-refractivity contribution in [3.8, 4) is 0 Å². The number of nitrogens with zero attached hydrogens (tertiary/aromatic N) is 2. The first-order valence-electron chi connectivity index (χ1n) is 7.72. The molecular formula is C17H23N3. The Hall–Kier alpha value is -1.64. The van der Waals surface area contributed by atoms with Crippen molar-refractivity contribution in [2.45, 2.75) is 45.6 Å². The smallest absolute Gasteiger partial charge is 0.137 e. The first-order chi connectivity index (χ1) is 9.75. The number of benzene rings is 1. The summed E-state index contributed by atoms with van der Waals surface area (Å²) in [6.45, 7) is 4.67. The summed E-state index contributed by atoms with van der Waals surface area (Å²) >= 11 is 0. The van der Waals surface area contributed by atoms with E-state index in [1.807, 2.05) is 12.1 Å². The number of para-hydroxylation sites is 1. The fourth-order valence-corrected chi connectivity index (χ4v) is 3.43. The lowest BCUT2D eigenvalue weighted by molar-refractivity contribution is 0.253. The molecule has 2 aromatic rings. The molecule has 1 aromatic carbocycles. The molecular weight excluding hydrogens is 246 g/mol. The zero-order chi connectivity index (χ0) is 13.9. The zero-order valence-electron chi connectivity index (χ0n) is 12.3. The molecule has 3 heteroatoms. The number of rotatable bonds is 3. The first kappa shape index (κ1) is 13.3. The highest BCUT2D eigenvalue weighted by molar-refractivity contribution is 5.88. The van der Waals surface area contributed by atoms with Gasteiger partial charge in [0.25, 0.3) is 0 Å². The average Bonchev–Trinajstić information content (AvgIpc) is 2.48. The Labute approximate surface area is 120 Å². The standard InChI is InChI=1S/C17H23N3/c1-12(2)13-7-3-6-10-16(13)20-17-14-8-4-5-9-15(14)18-11-19-17/h4-5,8-9,11-13,16H,3,6-7,10H2,1-2H3,(H,18,19,20). The van der Waals surface area contributed by atoms with Crippen molar-refractivity contribution in [2.75, 3.05) is 5.32 Å². The molecule has 1 heterocycles. The van der Waals surface area contributed by atoms with Crippen LogP contribution in [0.5, 0.6) is 0 Å². The van der Waals surface area contributed by atoms with Crippen molar-refractivity contribution in [2.24, 2.45) is 11.8 Å². The predicted octanol–water partition coefficient (Wildman–Crippen LogP) is 4.26. The van der Waals surface area contributed by atoms with Crippen LogP contribution in [0, 0.1) is 11.8 Å². The van der Waals surface area contributed by atoms with Gasteiger partial charge in [0, 0.05) is 11.4 Å². The molecule has 1 fully saturated rings. The van der Waals surface area contributed by atoms with Crippen molar-refractivity contribution in [3.05, 3.63) is 30.6 Å². The maximum atomic E-state index is 4.47. The van der Waals surface area contributed by atoms with Gasteiger partial charge in [0.15, 0.2) is 0 Å². The second-order valence-electron chi connectivity index (χ2n) is 6.18. The van der Waals surface area contributed by atoms with E-state index in [1.165, 1.54) is 25.7 Å². The van der Waals surface area contributed by atoms with Crippen molar-refractivity contribution < 1.29 is 0 Å². The molecule has 0 saturated heterocycles. The number of anilines is 1. The van der Waals surface area contributed by atoms with Crippen LogP contribution in [0.15, 0.2) is 30.6 Å². The van der Waals surface area contributed by atoms with Crippen LogP contribution < -0.4 is 5.32 Å². The van der Waals surface area contributed by atoms with Gasteiger partial charge in [0.2, 0.25) is 0 Å². The van der Waals surface area contributed by atoms with E-state index in [1.54, 1.807) is 6.33 Å². The normalized spacial score (nSPS) is 23.1. The largest absolute Gasteiger partial charge is 0.366 e. The molecule has 1 N–H and O–H groups in total. The van der Waals surface area contributed by atoms with Gasteiger partial charge in [-0.25, -0.2) is 9.97 Å². The van der Waals surface area contributed by atoms with Gasteiger partial charge >= 0.3 is 0 Å². The maximum Gasteiger partial charge on any atom is 0.137 e. The summed E-state index contributed by atoms with van der Waals surface area (Å²) in [5.74, 6) is 2.46. The van der Waals surface area contributed by atoms with Crippen LogP contribution in [-0.4, -0.2) is 16.0 Å². The predicted molar refractivity (Wildman–Crippen MR) is 83.7 cm³/mol. The van der Waals surface area contributed by atoms with Crippen LogP contribution in [0.25, 0.3) is 10.9 Å². The van der Waals surface area contributed by atoms with Crippen molar-refractivity contribution in [1.82, 2.24) is 9.97 Å². The lowest BCUT2D eigenvalue weighted by Crippen LogP contribution is -2.35. The van der Waals surface area contributed by atoms with Crippen molar-refractivity contribution in [3.63, 3.8) is 0 Å². The molecule has 3 rings (SSSR count). The maximum absolute atomic E-state index is 4.47. The second kappa shape index (κ2) is 5.78. The summed E-state index contributed by atoms with van der Waals surface area (Å²) in [5, 5.41) is 4.83. The highest BCUT2D eigenvalue weighted by Gasteiger charge is 2.27. The number of nitrogens with one attached hydrogen (secondary N) is 1. The van der Waals surface area contributed by atoms with Gasteiger partial charge in [-0.3, -0.25) is 0 Å². The van der Waals surface area contributed by atoms with Crippen LogP contribution in [-0.2, 0) is 0 Å². The molecule has 20 heavy (non-hydrogen) atoms. The Morgan fingerprint density at radius 2 is 1.90 bits per heavy atom. The molecule has 1 aliphatic carbocycles. The molecule has 0 bridgehead atoms. The van der Waals surface area contributed by atoms with Crippen LogP contribution in [0.1, 0.15) is 39.5 Å². The van der Waals surface area contributed by atoms with Gasteiger partial charge in [0.1, 0.15) is 12.1 Å². The van der Waals surface area contributed by atoms with Crippen LogP contribution >= 0.6 is 0 Å². The summed E-state index contributed by atoms with van der Waals surface area (Å²) in [6, 6.07) is 8.77. The highest BCUT2D eigenvalue weighted by atomic mass is 15.0. The minimum atomic E-state index is 0.544. The SMILES string of the molecule is CC(C)C1CCCCC1Nc1ncnc2ccccc12. The average molecular weight is 269 g/mol. The topological polar surface area (TPSA) is 37.8 Å². The van der Waals surface area contributed by atoms with Crippen LogP contribution in [0.2, 0.25) is 0 Å². The zero-order valence-corrected chi connectivity index (χ0v) is 12.3. The van der Waals surface area contributed by atoms with Gasteiger partial charge in [-0.15, -0.1) is 0 Å². The van der Waals surface area contributed by atoms with Gasteiger partial charge < -0.3 is 5.32 Å². The molecule has 0 aliphatic heterocycles. The number of fused-ring (bicyclic) bond motifs is 1. The molecule has 106 valence electrons. The minimum Gasteiger partial charge on any atom is -0.366 e. The van der Waals surface area contributed by atoms with E-state index in [2.05, 4.69) is 41.3 Å². The third-order valence-corrected chi connectivity index (χ3v) is 4.54. The third-order valence-electron chi connectivity index (χ3n) is 4.54.